The fourth-order valence-corrected chi connectivity index (χ4v) is 4.84. The Labute approximate surface area is 161 Å². The van der Waals surface area contributed by atoms with Crippen LogP contribution in [0.15, 0.2) is 57.8 Å². The number of hydrogen-bond acceptors (Lipinski definition) is 7. The molecule has 0 amide bonds. The van der Waals surface area contributed by atoms with Gasteiger partial charge in [-0.3, -0.25) is 9.20 Å². The second-order valence-electron chi connectivity index (χ2n) is 5.48. The van der Waals surface area contributed by atoms with Gasteiger partial charge in [-0.1, -0.05) is 23.9 Å². The zero-order valence-corrected chi connectivity index (χ0v) is 16.2. The van der Waals surface area contributed by atoms with Crippen LogP contribution in [0.3, 0.4) is 0 Å². The fraction of sp³-hybridized carbons (Fsp3) is 0.176. The van der Waals surface area contributed by atoms with Crippen molar-refractivity contribution < 1.29 is 0 Å². The molecule has 0 radical (unpaired) electrons. The normalized spacial score (nSPS) is 11.2. The third kappa shape index (κ3) is 3.50. The van der Waals surface area contributed by atoms with Crippen molar-refractivity contribution in [2.24, 2.45) is 0 Å². The molecule has 6 nitrogen and oxygen atoms in total. The Morgan fingerprint density at radius 1 is 1.27 bits per heavy atom. The molecule has 26 heavy (non-hydrogen) atoms. The topological polar surface area (TPSA) is 65.1 Å². The number of thiazole rings is 1. The number of thiophene rings is 1. The lowest BCUT2D eigenvalue weighted by Crippen LogP contribution is -2.12. The number of aromatic nitrogens is 5. The lowest BCUT2D eigenvalue weighted by molar-refractivity contribution is 0.692. The van der Waals surface area contributed by atoms with Gasteiger partial charge in [-0.2, -0.15) is 0 Å². The molecule has 4 aromatic rings. The van der Waals surface area contributed by atoms with Crippen LogP contribution in [0.5, 0.6) is 0 Å². The average Bonchev–Trinajstić information content (AvgIpc) is 3.36. The third-order valence-electron chi connectivity index (χ3n) is 3.72. The molecule has 0 spiro atoms. The monoisotopic (exact) mass is 401 g/mol. The summed E-state index contributed by atoms with van der Waals surface area (Å²) in [4.78, 5) is 18.6. The van der Waals surface area contributed by atoms with Crippen LogP contribution in [0.2, 0.25) is 0 Å². The zero-order valence-electron chi connectivity index (χ0n) is 13.7. The highest BCUT2D eigenvalue weighted by Gasteiger charge is 2.14. The van der Waals surface area contributed by atoms with E-state index >= 15 is 0 Å². The summed E-state index contributed by atoms with van der Waals surface area (Å²) in [5.41, 5.74) is 0.688. The van der Waals surface area contributed by atoms with E-state index in [1.807, 2.05) is 17.5 Å². The molecule has 4 heterocycles. The standard InChI is InChI=1S/C17H15N5OS3/c1-2-5-21-14(10-13-4-3-7-24-13)19-20-17(21)26-11-12-9-15(23)22-6-8-25-16(22)18-12/h2-4,6-9H,1,5,10-11H2. The highest BCUT2D eigenvalue weighted by Crippen LogP contribution is 2.23. The largest absolute Gasteiger partial charge is 0.302 e. The Hall–Kier alpha value is -2.23. The quantitative estimate of drug-likeness (QED) is 0.350. The lowest BCUT2D eigenvalue weighted by Gasteiger charge is -2.07. The van der Waals surface area contributed by atoms with Gasteiger partial charge in [0.2, 0.25) is 0 Å². The molecule has 4 aromatic heterocycles. The van der Waals surface area contributed by atoms with Gasteiger partial charge in [-0.15, -0.1) is 39.4 Å². The Bertz CT molecular complexity index is 1090. The maximum atomic E-state index is 12.1. The van der Waals surface area contributed by atoms with Crippen molar-refractivity contribution in [3.8, 4) is 0 Å². The molecule has 0 fully saturated rings. The van der Waals surface area contributed by atoms with Crippen molar-refractivity contribution >= 4 is 39.4 Å². The first-order valence-electron chi connectivity index (χ1n) is 7.88. The van der Waals surface area contributed by atoms with Crippen molar-refractivity contribution in [2.75, 3.05) is 0 Å². The van der Waals surface area contributed by atoms with Gasteiger partial charge < -0.3 is 4.57 Å². The molecule has 9 heteroatoms. The van der Waals surface area contributed by atoms with Gasteiger partial charge in [0, 0.05) is 41.2 Å². The van der Waals surface area contributed by atoms with E-state index in [-0.39, 0.29) is 5.56 Å². The minimum Gasteiger partial charge on any atom is -0.302 e. The first kappa shape index (κ1) is 17.2. The SMILES string of the molecule is C=CCn1c(Cc2cccs2)nnc1SCc1cc(=O)n2ccsc2n1. The van der Waals surface area contributed by atoms with Gasteiger partial charge in [0.25, 0.3) is 5.56 Å². The van der Waals surface area contributed by atoms with Crippen LogP contribution in [0.4, 0.5) is 0 Å². The third-order valence-corrected chi connectivity index (χ3v) is 6.36. The molecular formula is C17H15N5OS3. The Balaban J connectivity index is 1.56. The summed E-state index contributed by atoms with van der Waals surface area (Å²) in [6.07, 6.45) is 4.33. The van der Waals surface area contributed by atoms with E-state index in [4.69, 9.17) is 0 Å². The Kier molecular flexibility index (Phi) is 5.00. The van der Waals surface area contributed by atoms with E-state index in [1.54, 1.807) is 28.0 Å². The zero-order chi connectivity index (χ0) is 17.9. The lowest BCUT2D eigenvalue weighted by atomic mass is 10.3. The van der Waals surface area contributed by atoms with Crippen LogP contribution in [0, 0.1) is 0 Å². The summed E-state index contributed by atoms with van der Waals surface area (Å²) in [7, 11) is 0. The van der Waals surface area contributed by atoms with Crippen molar-refractivity contribution in [2.45, 2.75) is 23.9 Å². The number of allylic oxidation sites excluding steroid dienone is 1. The van der Waals surface area contributed by atoms with E-state index in [9.17, 15) is 4.79 Å². The predicted octanol–water partition coefficient (Wildman–Crippen LogP) is 3.48. The summed E-state index contributed by atoms with van der Waals surface area (Å²) < 4.78 is 3.62. The van der Waals surface area contributed by atoms with Gasteiger partial charge in [-0.05, 0) is 11.4 Å². The smallest absolute Gasteiger partial charge is 0.258 e. The van der Waals surface area contributed by atoms with E-state index < -0.39 is 0 Å². The molecule has 0 bridgehead atoms. The van der Waals surface area contributed by atoms with Gasteiger partial charge >= 0.3 is 0 Å². The number of rotatable bonds is 7. The van der Waals surface area contributed by atoms with E-state index in [0.29, 0.717) is 17.3 Å². The van der Waals surface area contributed by atoms with Crippen molar-refractivity contribution in [1.82, 2.24) is 24.1 Å². The number of nitrogens with zero attached hydrogens (tertiary/aromatic N) is 5. The van der Waals surface area contributed by atoms with E-state index in [2.05, 4.69) is 37.8 Å². The molecule has 0 unspecified atom stereocenters. The van der Waals surface area contributed by atoms with Crippen molar-refractivity contribution in [3.63, 3.8) is 0 Å². The van der Waals surface area contributed by atoms with Gasteiger partial charge in [0.05, 0.1) is 5.69 Å². The molecule has 0 aliphatic carbocycles. The molecule has 0 aliphatic rings. The molecular weight excluding hydrogens is 386 g/mol. The average molecular weight is 402 g/mol. The minimum absolute atomic E-state index is 0.0576. The number of thioether (sulfide) groups is 1. The molecule has 0 N–H and O–H groups in total. The van der Waals surface area contributed by atoms with Crippen LogP contribution < -0.4 is 5.56 Å². The second kappa shape index (κ2) is 7.56. The van der Waals surface area contributed by atoms with E-state index in [1.165, 1.54) is 28.0 Å². The first-order valence-corrected chi connectivity index (χ1v) is 10.6. The molecule has 0 aromatic carbocycles. The molecule has 0 atom stereocenters. The van der Waals surface area contributed by atoms with Crippen molar-refractivity contribution in [3.05, 3.63) is 74.6 Å². The van der Waals surface area contributed by atoms with Crippen LogP contribution in [-0.4, -0.2) is 24.1 Å². The molecule has 0 saturated carbocycles. The Morgan fingerprint density at radius 2 is 2.19 bits per heavy atom. The second-order valence-corrected chi connectivity index (χ2v) is 8.33. The maximum Gasteiger partial charge on any atom is 0.258 e. The summed E-state index contributed by atoms with van der Waals surface area (Å²) in [6.45, 7) is 4.48. The summed E-state index contributed by atoms with van der Waals surface area (Å²) in [5, 5.41) is 13.4. The van der Waals surface area contributed by atoms with Crippen LogP contribution >= 0.6 is 34.4 Å². The highest BCUT2D eigenvalue weighted by molar-refractivity contribution is 7.98. The molecule has 4 rings (SSSR count). The van der Waals surface area contributed by atoms with E-state index in [0.717, 1.165) is 23.1 Å². The Morgan fingerprint density at radius 3 is 3.00 bits per heavy atom. The van der Waals surface area contributed by atoms with Crippen LogP contribution in [0.1, 0.15) is 16.4 Å². The summed E-state index contributed by atoms with van der Waals surface area (Å²) in [5.74, 6) is 1.48. The van der Waals surface area contributed by atoms with Crippen LogP contribution in [0.25, 0.3) is 4.96 Å². The van der Waals surface area contributed by atoms with Crippen LogP contribution in [-0.2, 0) is 18.7 Å². The highest BCUT2D eigenvalue weighted by atomic mass is 32.2. The summed E-state index contributed by atoms with van der Waals surface area (Å²) in [6, 6.07) is 5.71. The summed E-state index contributed by atoms with van der Waals surface area (Å²) >= 11 is 4.69. The predicted molar refractivity (Wildman–Crippen MR) is 106 cm³/mol. The van der Waals surface area contributed by atoms with Gasteiger partial charge in [0.15, 0.2) is 10.1 Å². The first-order chi connectivity index (χ1) is 12.7. The van der Waals surface area contributed by atoms with Gasteiger partial charge in [0.1, 0.15) is 5.82 Å². The molecule has 0 saturated heterocycles. The minimum atomic E-state index is -0.0576. The molecule has 132 valence electrons. The van der Waals surface area contributed by atoms with Crippen molar-refractivity contribution in [1.29, 1.82) is 0 Å². The number of hydrogen-bond donors (Lipinski definition) is 0. The maximum absolute atomic E-state index is 12.1. The fourth-order valence-electron chi connectivity index (χ4n) is 2.54. The van der Waals surface area contributed by atoms with Gasteiger partial charge in [-0.25, -0.2) is 4.98 Å². The number of fused-ring (bicyclic) bond motifs is 1. The molecule has 0 aliphatic heterocycles.